The Labute approximate surface area is 111 Å². The molecule has 1 unspecified atom stereocenters. The van der Waals surface area contributed by atoms with Crippen LogP contribution < -0.4 is 5.73 Å². The SMILES string of the molecule is CN1CCN(S(=O)(=O)CCC(C)(C)C)C(CN)C1. The van der Waals surface area contributed by atoms with Crippen molar-refractivity contribution >= 4 is 10.0 Å². The quantitative estimate of drug-likeness (QED) is 0.804. The van der Waals surface area contributed by atoms with Gasteiger partial charge < -0.3 is 10.6 Å². The zero-order chi connectivity index (χ0) is 14.0. The zero-order valence-electron chi connectivity index (χ0n) is 12.0. The summed E-state index contributed by atoms with van der Waals surface area (Å²) in [5.74, 6) is 0.219. The van der Waals surface area contributed by atoms with Crippen molar-refractivity contribution in [1.82, 2.24) is 9.21 Å². The molecule has 0 aliphatic carbocycles. The van der Waals surface area contributed by atoms with E-state index in [1.165, 1.54) is 0 Å². The summed E-state index contributed by atoms with van der Waals surface area (Å²) in [6.45, 7) is 8.65. The summed E-state index contributed by atoms with van der Waals surface area (Å²) in [4.78, 5) is 2.13. The lowest BCUT2D eigenvalue weighted by molar-refractivity contribution is 0.163. The van der Waals surface area contributed by atoms with Crippen molar-refractivity contribution < 1.29 is 8.42 Å². The van der Waals surface area contributed by atoms with Crippen molar-refractivity contribution in [2.45, 2.75) is 33.2 Å². The summed E-state index contributed by atoms with van der Waals surface area (Å²) in [6.07, 6.45) is 0.680. The molecule has 1 atom stereocenters. The molecule has 0 radical (unpaired) electrons. The molecular formula is C12H27N3O2S. The Hall–Kier alpha value is -0.170. The molecule has 0 spiro atoms. The van der Waals surface area contributed by atoms with Crippen LogP contribution in [0, 0.1) is 5.41 Å². The Bertz CT molecular complexity index is 362. The number of likely N-dealkylation sites (N-methyl/N-ethyl adjacent to an activating group) is 1. The Morgan fingerprint density at radius 1 is 1.28 bits per heavy atom. The van der Waals surface area contributed by atoms with Gasteiger partial charge in [-0.3, -0.25) is 0 Å². The van der Waals surface area contributed by atoms with Crippen molar-refractivity contribution in [2.75, 3.05) is 39.0 Å². The Balaban J connectivity index is 2.71. The summed E-state index contributed by atoms with van der Waals surface area (Å²) >= 11 is 0. The predicted molar refractivity (Wildman–Crippen MR) is 74.9 cm³/mol. The molecule has 108 valence electrons. The van der Waals surface area contributed by atoms with Crippen LogP contribution in [0.25, 0.3) is 0 Å². The molecule has 2 N–H and O–H groups in total. The van der Waals surface area contributed by atoms with E-state index < -0.39 is 10.0 Å². The van der Waals surface area contributed by atoms with Gasteiger partial charge >= 0.3 is 0 Å². The normalized spacial score (nSPS) is 24.4. The van der Waals surface area contributed by atoms with Crippen LogP contribution in [0.4, 0.5) is 0 Å². The third kappa shape index (κ3) is 4.50. The highest BCUT2D eigenvalue weighted by molar-refractivity contribution is 7.89. The van der Waals surface area contributed by atoms with Crippen LogP contribution in [0.3, 0.4) is 0 Å². The number of hydrogen-bond donors (Lipinski definition) is 1. The molecule has 1 aliphatic heterocycles. The fraction of sp³-hybridized carbons (Fsp3) is 1.00. The van der Waals surface area contributed by atoms with Crippen LogP contribution in [-0.2, 0) is 10.0 Å². The van der Waals surface area contributed by atoms with Crippen LogP contribution in [0.5, 0.6) is 0 Å². The average Bonchev–Trinajstić information content (AvgIpc) is 2.25. The lowest BCUT2D eigenvalue weighted by Gasteiger charge is -2.38. The van der Waals surface area contributed by atoms with Gasteiger partial charge in [-0.15, -0.1) is 0 Å². The monoisotopic (exact) mass is 277 g/mol. The molecule has 1 fully saturated rings. The lowest BCUT2D eigenvalue weighted by atomic mass is 9.94. The zero-order valence-corrected chi connectivity index (χ0v) is 12.8. The number of nitrogens with two attached hydrogens (primary N) is 1. The summed E-state index contributed by atoms with van der Waals surface area (Å²) in [5, 5.41) is 0. The van der Waals surface area contributed by atoms with E-state index in [1.807, 2.05) is 7.05 Å². The molecule has 1 rings (SSSR count). The largest absolute Gasteiger partial charge is 0.329 e. The predicted octanol–water partition coefficient (Wildman–Crippen LogP) is 0.327. The Morgan fingerprint density at radius 3 is 2.39 bits per heavy atom. The maximum absolute atomic E-state index is 12.4. The van der Waals surface area contributed by atoms with Gasteiger partial charge in [0.05, 0.1) is 5.75 Å². The first-order chi connectivity index (χ1) is 8.15. The number of sulfonamides is 1. The van der Waals surface area contributed by atoms with Crippen LogP contribution in [0.1, 0.15) is 27.2 Å². The maximum atomic E-state index is 12.4. The van der Waals surface area contributed by atoms with Gasteiger partial charge in [0.25, 0.3) is 0 Å². The van der Waals surface area contributed by atoms with Gasteiger partial charge in [0.2, 0.25) is 10.0 Å². The van der Waals surface area contributed by atoms with Crippen LogP contribution in [0.15, 0.2) is 0 Å². The van der Waals surface area contributed by atoms with E-state index in [2.05, 4.69) is 25.7 Å². The number of rotatable bonds is 4. The molecule has 5 nitrogen and oxygen atoms in total. The summed E-state index contributed by atoms with van der Waals surface area (Å²) in [6, 6.07) is -0.0753. The van der Waals surface area contributed by atoms with Crippen molar-refractivity contribution in [3.05, 3.63) is 0 Å². The second-order valence-corrected chi connectivity index (χ2v) is 8.43. The van der Waals surface area contributed by atoms with Crippen molar-refractivity contribution in [3.8, 4) is 0 Å². The molecule has 1 heterocycles. The van der Waals surface area contributed by atoms with E-state index in [0.717, 1.165) is 13.1 Å². The van der Waals surface area contributed by atoms with Crippen molar-refractivity contribution in [1.29, 1.82) is 0 Å². The summed E-state index contributed by atoms with van der Waals surface area (Å²) in [7, 11) is -1.17. The molecular weight excluding hydrogens is 250 g/mol. The highest BCUT2D eigenvalue weighted by atomic mass is 32.2. The van der Waals surface area contributed by atoms with E-state index in [-0.39, 0.29) is 17.2 Å². The lowest BCUT2D eigenvalue weighted by Crippen LogP contribution is -2.57. The van der Waals surface area contributed by atoms with E-state index in [9.17, 15) is 8.42 Å². The minimum absolute atomic E-state index is 0.0395. The first kappa shape index (κ1) is 15.9. The van der Waals surface area contributed by atoms with Gasteiger partial charge in [0.15, 0.2) is 0 Å². The topological polar surface area (TPSA) is 66.6 Å². The van der Waals surface area contributed by atoms with E-state index in [1.54, 1.807) is 4.31 Å². The first-order valence-electron chi connectivity index (χ1n) is 6.54. The van der Waals surface area contributed by atoms with Gasteiger partial charge in [-0.25, -0.2) is 8.42 Å². The van der Waals surface area contributed by atoms with Gasteiger partial charge in [-0.1, -0.05) is 20.8 Å². The van der Waals surface area contributed by atoms with Gasteiger partial charge in [0.1, 0.15) is 0 Å². The van der Waals surface area contributed by atoms with E-state index in [4.69, 9.17) is 5.73 Å². The van der Waals surface area contributed by atoms with Gasteiger partial charge in [-0.2, -0.15) is 4.31 Å². The van der Waals surface area contributed by atoms with Gasteiger partial charge in [-0.05, 0) is 18.9 Å². The molecule has 1 saturated heterocycles. The molecule has 0 aromatic carbocycles. The maximum Gasteiger partial charge on any atom is 0.214 e. The number of hydrogen-bond acceptors (Lipinski definition) is 4. The molecule has 18 heavy (non-hydrogen) atoms. The van der Waals surface area contributed by atoms with E-state index in [0.29, 0.717) is 19.5 Å². The standard InChI is InChI=1S/C12H27N3O2S/c1-12(2,3)5-8-18(16,17)15-7-6-14(4)10-11(15)9-13/h11H,5-10,13H2,1-4H3. The summed E-state index contributed by atoms with van der Waals surface area (Å²) < 4.78 is 26.3. The van der Waals surface area contributed by atoms with Crippen molar-refractivity contribution in [3.63, 3.8) is 0 Å². The third-order valence-corrected chi connectivity index (χ3v) is 5.29. The van der Waals surface area contributed by atoms with Crippen LogP contribution in [-0.4, -0.2) is 62.6 Å². The summed E-state index contributed by atoms with van der Waals surface area (Å²) in [5.41, 5.74) is 5.74. The number of piperazine rings is 1. The van der Waals surface area contributed by atoms with E-state index >= 15 is 0 Å². The molecule has 0 saturated carbocycles. The fourth-order valence-corrected chi connectivity index (χ4v) is 4.18. The second-order valence-electron chi connectivity index (χ2n) is 6.39. The minimum Gasteiger partial charge on any atom is -0.329 e. The minimum atomic E-state index is -3.17. The smallest absolute Gasteiger partial charge is 0.214 e. The molecule has 6 heteroatoms. The van der Waals surface area contributed by atoms with Gasteiger partial charge in [0, 0.05) is 32.2 Å². The van der Waals surface area contributed by atoms with Crippen LogP contribution >= 0.6 is 0 Å². The highest BCUT2D eigenvalue weighted by Gasteiger charge is 2.33. The van der Waals surface area contributed by atoms with Crippen molar-refractivity contribution in [2.24, 2.45) is 11.1 Å². The third-order valence-electron chi connectivity index (χ3n) is 3.37. The van der Waals surface area contributed by atoms with Crippen LogP contribution in [0.2, 0.25) is 0 Å². The highest BCUT2D eigenvalue weighted by Crippen LogP contribution is 2.22. The molecule has 0 bridgehead atoms. The first-order valence-corrected chi connectivity index (χ1v) is 8.15. The second kappa shape index (κ2) is 5.86. The molecule has 0 aromatic heterocycles. The molecule has 1 aliphatic rings. The Morgan fingerprint density at radius 2 is 1.89 bits per heavy atom. The average molecular weight is 277 g/mol. The molecule has 0 aromatic rings. The Kier molecular flexibility index (Phi) is 5.17. The fourth-order valence-electron chi connectivity index (χ4n) is 2.10. The number of nitrogens with zero attached hydrogens (tertiary/aromatic N) is 2. The molecule has 0 amide bonds.